The van der Waals surface area contributed by atoms with Crippen LogP contribution in [0.1, 0.15) is 5.56 Å². The van der Waals surface area contributed by atoms with Gasteiger partial charge in [0.2, 0.25) is 0 Å². The molecule has 2 aromatic carbocycles. The van der Waals surface area contributed by atoms with E-state index in [1.54, 1.807) is 6.07 Å². The molecule has 0 heterocycles. The van der Waals surface area contributed by atoms with Crippen LogP contribution in [0.3, 0.4) is 0 Å². The molecule has 0 saturated heterocycles. The Balaban J connectivity index is 2.20. The summed E-state index contributed by atoms with van der Waals surface area (Å²) in [5, 5.41) is 14.2. The summed E-state index contributed by atoms with van der Waals surface area (Å²) in [5.41, 5.74) is 0.843. The fraction of sp³-hybridized carbons (Fsp3) is 0.0769. The topological polar surface area (TPSA) is 55.2 Å². The SMILES string of the molecule is O=[N+]([O-])c1ccc(Cl)cc1CNc1ccc(Cl)c(F)c1. The number of benzene rings is 2. The van der Waals surface area contributed by atoms with Gasteiger partial charge in [0.05, 0.1) is 15.5 Å². The van der Waals surface area contributed by atoms with Gasteiger partial charge in [-0.1, -0.05) is 23.2 Å². The summed E-state index contributed by atoms with van der Waals surface area (Å²) < 4.78 is 13.3. The Labute approximate surface area is 124 Å². The smallest absolute Gasteiger partial charge is 0.274 e. The Morgan fingerprint density at radius 2 is 1.95 bits per heavy atom. The Hall–Kier alpha value is -1.85. The second kappa shape index (κ2) is 6.07. The summed E-state index contributed by atoms with van der Waals surface area (Å²) in [6.07, 6.45) is 0. The normalized spacial score (nSPS) is 10.3. The first kappa shape index (κ1) is 14.6. The number of nitro benzene ring substituents is 1. The third-order valence-corrected chi connectivity index (χ3v) is 3.18. The van der Waals surface area contributed by atoms with Gasteiger partial charge >= 0.3 is 0 Å². The molecule has 1 N–H and O–H groups in total. The van der Waals surface area contributed by atoms with Crippen molar-refractivity contribution in [3.8, 4) is 0 Å². The molecule has 0 fully saturated rings. The Bertz CT molecular complexity index is 665. The molecule has 0 bridgehead atoms. The molecular weight excluding hydrogens is 306 g/mol. The molecule has 0 atom stereocenters. The molecule has 0 radical (unpaired) electrons. The highest BCUT2D eigenvalue weighted by molar-refractivity contribution is 6.31. The van der Waals surface area contributed by atoms with Crippen molar-refractivity contribution in [2.45, 2.75) is 6.54 Å². The molecule has 7 heteroatoms. The Kier molecular flexibility index (Phi) is 4.42. The van der Waals surface area contributed by atoms with Crippen molar-refractivity contribution in [2.24, 2.45) is 0 Å². The maximum atomic E-state index is 13.3. The van der Waals surface area contributed by atoms with Gasteiger partial charge < -0.3 is 5.32 Å². The molecule has 0 spiro atoms. The summed E-state index contributed by atoms with van der Waals surface area (Å²) in [6.45, 7) is 0.151. The molecule has 104 valence electrons. The van der Waals surface area contributed by atoms with Crippen molar-refractivity contribution in [2.75, 3.05) is 5.32 Å². The molecule has 4 nitrogen and oxygen atoms in total. The van der Waals surface area contributed by atoms with E-state index >= 15 is 0 Å². The maximum Gasteiger partial charge on any atom is 0.274 e. The van der Waals surface area contributed by atoms with E-state index < -0.39 is 10.7 Å². The lowest BCUT2D eigenvalue weighted by molar-refractivity contribution is -0.385. The number of anilines is 1. The molecule has 20 heavy (non-hydrogen) atoms. The first-order chi connectivity index (χ1) is 9.47. The van der Waals surface area contributed by atoms with Crippen molar-refractivity contribution >= 4 is 34.6 Å². The minimum atomic E-state index is -0.558. The first-order valence-corrected chi connectivity index (χ1v) is 6.34. The second-order valence-corrected chi connectivity index (χ2v) is 4.86. The summed E-state index contributed by atoms with van der Waals surface area (Å²) in [5.74, 6) is -0.558. The van der Waals surface area contributed by atoms with Crippen LogP contribution >= 0.6 is 23.2 Å². The summed E-state index contributed by atoms with van der Waals surface area (Å²) in [6, 6.07) is 8.50. The number of nitro groups is 1. The number of rotatable bonds is 4. The summed E-state index contributed by atoms with van der Waals surface area (Å²) in [7, 11) is 0. The van der Waals surface area contributed by atoms with Crippen LogP contribution in [0.4, 0.5) is 15.8 Å². The van der Waals surface area contributed by atoms with E-state index in [0.29, 0.717) is 16.3 Å². The zero-order valence-corrected chi connectivity index (χ0v) is 11.6. The van der Waals surface area contributed by atoms with Gasteiger partial charge in [-0.25, -0.2) is 4.39 Å². The van der Waals surface area contributed by atoms with E-state index in [-0.39, 0.29) is 17.3 Å². The average Bonchev–Trinajstić information content (AvgIpc) is 2.40. The minimum absolute atomic E-state index is 0.0179. The third kappa shape index (κ3) is 3.37. The number of hydrogen-bond acceptors (Lipinski definition) is 3. The van der Waals surface area contributed by atoms with Gasteiger partial charge in [0, 0.05) is 23.3 Å². The molecule has 0 aliphatic heterocycles. The molecule has 0 aliphatic carbocycles. The highest BCUT2D eigenvalue weighted by Crippen LogP contribution is 2.24. The Morgan fingerprint density at radius 3 is 2.60 bits per heavy atom. The number of nitrogens with zero attached hydrogens (tertiary/aromatic N) is 1. The lowest BCUT2D eigenvalue weighted by atomic mass is 10.1. The molecule has 0 aliphatic rings. The second-order valence-electron chi connectivity index (χ2n) is 4.01. The van der Waals surface area contributed by atoms with Crippen LogP contribution in [0.5, 0.6) is 0 Å². The van der Waals surface area contributed by atoms with Gasteiger partial charge in [-0.05, 0) is 30.3 Å². The summed E-state index contributed by atoms with van der Waals surface area (Å²) >= 11 is 11.4. The van der Waals surface area contributed by atoms with Gasteiger partial charge in [-0.3, -0.25) is 10.1 Å². The zero-order valence-electron chi connectivity index (χ0n) is 10.1. The molecule has 2 aromatic rings. The minimum Gasteiger partial charge on any atom is -0.381 e. The van der Waals surface area contributed by atoms with Crippen LogP contribution in [-0.2, 0) is 6.54 Å². The van der Waals surface area contributed by atoms with Crippen molar-refractivity contribution in [3.63, 3.8) is 0 Å². The fourth-order valence-electron chi connectivity index (χ4n) is 1.68. The third-order valence-electron chi connectivity index (χ3n) is 2.64. The van der Waals surface area contributed by atoms with Crippen LogP contribution in [0.2, 0.25) is 10.0 Å². The van der Waals surface area contributed by atoms with Crippen LogP contribution < -0.4 is 5.32 Å². The van der Waals surface area contributed by atoms with Crippen molar-refractivity contribution < 1.29 is 9.31 Å². The predicted molar refractivity (Wildman–Crippen MR) is 76.8 cm³/mol. The molecule has 0 unspecified atom stereocenters. The zero-order chi connectivity index (χ0) is 14.7. The highest BCUT2D eigenvalue weighted by Gasteiger charge is 2.13. The number of nitrogens with one attached hydrogen (secondary N) is 1. The first-order valence-electron chi connectivity index (χ1n) is 5.59. The standard InChI is InChI=1S/C13H9Cl2FN2O2/c14-9-1-4-13(18(19)20)8(5-9)7-17-10-2-3-11(15)12(16)6-10/h1-6,17H,7H2. The van der Waals surface area contributed by atoms with E-state index in [2.05, 4.69) is 5.32 Å². The van der Waals surface area contributed by atoms with E-state index in [1.165, 1.54) is 30.3 Å². The van der Waals surface area contributed by atoms with E-state index in [4.69, 9.17) is 23.2 Å². The van der Waals surface area contributed by atoms with Crippen LogP contribution in [0, 0.1) is 15.9 Å². The lowest BCUT2D eigenvalue weighted by Crippen LogP contribution is -2.03. The van der Waals surface area contributed by atoms with Crippen LogP contribution in [0.15, 0.2) is 36.4 Å². The molecule has 0 amide bonds. The molecule has 0 aromatic heterocycles. The molecular formula is C13H9Cl2FN2O2. The summed E-state index contributed by atoms with van der Waals surface area (Å²) in [4.78, 5) is 10.4. The predicted octanol–water partition coefficient (Wildman–Crippen LogP) is 4.65. The maximum absolute atomic E-state index is 13.3. The monoisotopic (exact) mass is 314 g/mol. The van der Waals surface area contributed by atoms with Crippen molar-refractivity contribution in [3.05, 3.63) is 67.9 Å². The average molecular weight is 315 g/mol. The largest absolute Gasteiger partial charge is 0.381 e. The quantitative estimate of drug-likeness (QED) is 0.660. The highest BCUT2D eigenvalue weighted by atomic mass is 35.5. The van der Waals surface area contributed by atoms with Gasteiger partial charge in [0.1, 0.15) is 5.82 Å². The fourth-order valence-corrected chi connectivity index (χ4v) is 1.99. The lowest BCUT2D eigenvalue weighted by Gasteiger charge is -2.08. The van der Waals surface area contributed by atoms with Gasteiger partial charge in [0.25, 0.3) is 5.69 Å². The van der Waals surface area contributed by atoms with Gasteiger partial charge in [-0.2, -0.15) is 0 Å². The molecule has 0 saturated carbocycles. The van der Waals surface area contributed by atoms with Gasteiger partial charge in [-0.15, -0.1) is 0 Å². The van der Waals surface area contributed by atoms with Crippen molar-refractivity contribution in [1.82, 2.24) is 0 Å². The van der Waals surface area contributed by atoms with E-state index in [1.807, 2.05) is 0 Å². The number of hydrogen-bond donors (Lipinski definition) is 1. The van der Waals surface area contributed by atoms with Crippen LogP contribution in [0.25, 0.3) is 0 Å². The van der Waals surface area contributed by atoms with Gasteiger partial charge in [0.15, 0.2) is 0 Å². The van der Waals surface area contributed by atoms with E-state index in [9.17, 15) is 14.5 Å². The van der Waals surface area contributed by atoms with Crippen LogP contribution in [-0.4, -0.2) is 4.92 Å². The molecule has 2 rings (SSSR count). The van der Waals surface area contributed by atoms with E-state index in [0.717, 1.165) is 0 Å². The van der Waals surface area contributed by atoms with Crippen molar-refractivity contribution in [1.29, 1.82) is 0 Å². The number of halogens is 3. The Morgan fingerprint density at radius 1 is 1.20 bits per heavy atom.